The highest BCUT2D eigenvalue weighted by Crippen LogP contribution is 2.16. The van der Waals surface area contributed by atoms with E-state index in [0.717, 1.165) is 29.0 Å². The number of hydrogen-bond acceptors (Lipinski definition) is 5. The van der Waals surface area contributed by atoms with Crippen LogP contribution in [0.15, 0.2) is 30.7 Å². The Bertz CT molecular complexity index is 704. The lowest BCUT2D eigenvalue weighted by Gasteiger charge is -2.02. The van der Waals surface area contributed by atoms with E-state index in [2.05, 4.69) is 27.0 Å². The minimum Gasteiger partial charge on any atom is -0.324 e. The largest absolute Gasteiger partial charge is 0.324 e. The van der Waals surface area contributed by atoms with Gasteiger partial charge in [-0.05, 0) is 18.6 Å². The van der Waals surface area contributed by atoms with Crippen LogP contribution in [0.2, 0.25) is 0 Å². The lowest BCUT2D eigenvalue weighted by Crippen LogP contribution is -2.06. The van der Waals surface area contributed by atoms with Gasteiger partial charge < -0.3 is 5.73 Å². The average Bonchev–Trinajstić information content (AvgIpc) is 2.85. The number of aromatic nitrogens is 5. The van der Waals surface area contributed by atoms with Gasteiger partial charge in [0.25, 0.3) is 0 Å². The molecule has 3 aromatic heterocycles. The van der Waals surface area contributed by atoms with Gasteiger partial charge in [0.15, 0.2) is 5.82 Å². The van der Waals surface area contributed by atoms with Crippen LogP contribution in [-0.2, 0) is 13.0 Å². The molecule has 0 amide bonds. The van der Waals surface area contributed by atoms with Crippen molar-refractivity contribution in [2.24, 2.45) is 5.73 Å². The Hall–Kier alpha value is -2.34. The van der Waals surface area contributed by atoms with Gasteiger partial charge in [-0.3, -0.25) is 4.98 Å². The van der Waals surface area contributed by atoms with Crippen LogP contribution in [0.3, 0.4) is 0 Å². The van der Waals surface area contributed by atoms with Gasteiger partial charge in [-0.25, -0.2) is 14.5 Å². The van der Waals surface area contributed by atoms with Crippen LogP contribution in [0.1, 0.15) is 18.4 Å². The summed E-state index contributed by atoms with van der Waals surface area (Å²) >= 11 is 0. The maximum absolute atomic E-state index is 5.72. The molecule has 0 saturated heterocycles. The van der Waals surface area contributed by atoms with Gasteiger partial charge in [-0.15, -0.1) is 5.10 Å². The monoisotopic (exact) mass is 254 g/mol. The Morgan fingerprint density at radius 1 is 1.32 bits per heavy atom. The molecule has 0 atom stereocenters. The average molecular weight is 254 g/mol. The molecule has 3 rings (SSSR count). The molecule has 0 radical (unpaired) electrons. The number of nitrogens with two attached hydrogens (primary N) is 1. The number of fused-ring (bicyclic) bond motifs is 1. The maximum Gasteiger partial charge on any atom is 0.181 e. The summed E-state index contributed by atoms with van der Waals surface area (Å²) < 4.78 is 1.77. The smallest absolute Gasteiger partial charge is 0.181 e. The number of imidazole rings is 1. The maximum atomic E-state index is 5.72. The van der Waals surface area contributed by atoms with Crippen molar-refractivity contribution in [1.82, 2.24) is 24.6 Å². The lowest BCUT2D eigenvalue weighted by molar-refractivity contribution is 0.802. The normalized spacial score (nSPS) is 11.1. The first-order valence-electron chi connectivity index (χ1n) is 6.17. The Kier molecular flexibility index (Phi) is 2.92. The number of aryl methyl sites for hydroxylation is 1. The molecule has 0 saturated carbocycles. The fourth-order valence-electron chi connectivity index (χ4n) is 2.02. The predicted molar refractivity (Wildman–Crippen MR) is 71.3 cm³/mol. The van der Waals surface area contributed by atoms with Crippen molar-refractivity contribution >= 4 is 5.52 Å². The Labute approximate surface area is 110 Å². The number of nitrogens with zero attached hydrogens (tertiary/aromatic N) is 5. The second-order valence-corrected chi connectivity index (χ2v) is 4.15. The molecule has 6 nitrogen and oxygen atoms in total. The SMILES string of the molecule is CCc1nc(CN)n2nc(-c3cccnc3)ncc12. The number of hydrogen-bond donors (Lipinski definition) is 1. The van der Waals surface area contributed by atoms with Crippen molar-refractivity contribution in [2.75, 3.05) is 0 Å². The highest BCUT2D eigenvalue weighted by atomic mass is 15.3. The fourth-order valence-corrected chi connectivity index (χ4v) is 2.02. The topological polar surface area (TPSA) is 82.0 Å². The molecule has 0 aliphatic rings. The van der Waals surface area contributed by atoms with Crippen LogP contribution < -0.4 is 5.73 Å². The van der Waals surface area contributed by atoms with E-state index in [-0.39, 0.29) is 0 Å². The van der Waals surface area contributed by atoms with Crippen LogP contribution in [0.5, 0.6) is 0 Å². The minimum atomic E-state index is 0.352. The fraction of sp³-hybridized carbons (Fsp3) is 0.231. The summed E-state index contributed by atoms with van der Waals surface area (Å²) in [4.78, 5) is 12.9. The van der Waals surface area contributed by atoms with Crippen molar-refractivity contribution in [2.45, 2.75) is 19.9 Å². The molecular weight excluding hydrogens is 240 g/mol. The van der Waals surface area contributed by atoms with E-state index in [0.29, 0.717) is 12.4 Å². The predicted octanol–water partition coefficient (Wildman–Crippen LogP) is 1.21. The molecule has 0 fully saturated rings. The van der Waals surface area contributed by atoms with E-state index >= 15 is 0 Å². The second-order valence-electron chi connectivity index (χ2n) is 4.15. The van der Waals surface area contributed by atoms with Gasteiger partial charge >= 0.3 is 0 Å². The van der Waals surface area contributed by atoms with Crippen LogP contribution >= 0.6 is 0 Å². The van der Waals surface area contributed by atoms with E-state index in [1.54, 1.807) is 23.1 Å². The number of rotatable bonds is 3. The van der Waals surface area contributed by atoms with Gasteiger partial charge in [0.05, 0.1) is 18.4 Å². The van der Waals surface area contributed by atoms with Crippen molar-refractivity contribution in [3.8, 4) is 11.4 Å². The lowest BCUT2D eigenvalue weighted by atomic mass is 10.3. The molecule has 6 heteroatoms. The zero-order valence-corrected chi connectivity index (χ0v) is 10.6. The molecule has 3 aromatic rings. The zero-order chi connectivity index (χ0) is 13.2. The summed E-state index contributed by atoms with van der Waals surface area (Å²) in [6.45, 7) is 2.41. The highest BCUT2D eigenvalue weighted by molar-refractivity contribution is 5.56. The third kappa shape index (κ3) is 1.96. The Morgan fingerprint density at radius 3 is 2.89 bits per heavy atom. The minimum absolute atomic E-state index is 0.352. The quantitative estimate of drug-likeness (QED) is 0.759. The van der Waals surface area contributed by atoms with E-state index in [1.165, 1.54) is 0 Å². The summed E-state index contributed by atoms with van der Waals surface area (Å²) in [5.74, 6) is 1.37. The first-order chi connectivity index (χ1) is 9.33. The van der Waals surface area contributed by atoms with E-state index in [1.807, 2.05) is 12.1 Å². The molecule has 3 heterocycles. The van der Waals surface area contributed by atoms with Crippen LogP contribution in [0, 0.1) is 0 Å². The van der Waals surface area contributed by atoms with Crippen LogP contribution in [0.4, 0.5) is 0 Å². The van der Waals surface area contributed by atoms with Crippen molar-refractivity contribution in [1.29, 1.82) is 0 Å². The number of pyridine rings is 1. The molecule has 0 aromatic carbocycles. The molecular formula is C13H14N6. The van der Waals surface area contributed by atoms with Crippen molar-refractivity contribution in [3.63, 3.8) is 0 Å². The van der Waals surface area contributed by atoms with Gasteiger partial charge in [0, 0.05) is 18.0 Å². The Morgan fingerprint density at radius 2 is 2.21 bits per heavy atom. The van der Waals surface area contributed by atoms with Gasteiger partial charge in [-0.2, -0.15) is 0 Å². The summed E-state index contributed by atoms with van der Waals surface area (Å²) in [5, 5.41) is 4.51. The third-order valence-corrected chi connectivity index (χ3v) is 2.97. The van der Waals surface area contributed by atoms with Crippen molar-refractivity contribution in [3.05, 3.63) is 42.2 Å². The van der Waals surface area contributed by atoms with E-state index in [9.17, 15) is 0 Å². The standard InChI is InChI=1S/C13H14N6/c1-2-10-11-8-16-13(9-4-3-5-15-7-9)18-19(11)12(6-14)17-10/h3-5,7-8H,2,6,14H2,1H3. The van der Waals surface area contributed by atoms with Gasteiger partial charge in [0.1, 0.15) is 11.3 Å². The molecule has 2 N–H and O–H groups in total. The van der Waals surface area contributed by atoms with Crippen molar-refractivity contribution < 1.29 is 0 Å². The van der Waals surface area contributed by atoms with Gasteiger partial charge in [-0.1, -0.05) is 6.92 Å². The molecule has 96 valence electrons. The third-order valence-electron chi connectivity index (χ3n) is 2.97. The van der Waals surface area contributed by atoms with E-state index < -0.39 is 0 Å². The zero-order valence-electron chi connectivity index (χ0n) is 10.6. The molecule has 0 aliphatic carbocycles. The Balaban J connectivity index is 2.20. The molecule has 0 spiro atoms. The molecule has 0 unspecified atom stereocenters. The summed E-state index contributed by atoms with van der Waals surface area (Å²) in [7, 11) is 0. The highest BCUT2D eigenvalue weighted by Gasteiger charge is 2.11. The first-order valence-corrected chi connectivity index (χ1v) is 6.17. The molecule has 19 heavy (non-hydrogen) atoms. The van der Waals surface area contributed by atoms with E-state index in [4.69, 9.17) is 5.73 Å². The van der Waals surface area contributed by atoms with Crippen LogP contribution in [-0.4, -0.2) is 24.6 Å². The summed E-state index contributed by atoms with van der Waals surface area (Å²) in [5.41, 5.74) is 8.47. The molecule has 0 aliphatic heterocycles. The second kappa shape index (κ2) is 4.74. The van der Waals surface area contributed by atoms with Gasteiger partial charge in [0.2, 0.25) is 0 Å². The first kappa shape index (κ1) is 11.7. The van der Waals surface area contributed by atoms with Crippen LogP contribution in [0.25, 0.3) is 16.9 Å². The molecule has 0 bridgehead atoms. The summed E-state index contributed by atoms with van der Waals surface area (Å²) in [6.07, 6.45) is 6.08. The summed E-state index contributed by atoms with van der Waals surface area (Å²) in [6, 6.07) is 3.78.